The van der Waals surface area contributed by atoms with Gasteiger partial charge in [-0.15, -0.1) is 11.6 Å². The number of aliphatic hydroxyl groups excluding tert-OH is 1. The van der Waals surface area contributed by atoms with Crippen LogP contribution < -0.4 is 0 Å². The van der Waals surface area contributed by atoms with E-state index in [1.54, 1.807) is 0 Å². The molecule has 0 spiro atoms. The van der Waals surface area contributed by atoms with Crippen LogP contribution in [-0.2, 0) is 15.0 Å². The van der Waals surface area contributed by atoms with E-state index in [0.29, 0.717) is 23.1 Å². The zero-order valence-corrected chi connectivity index (χ0v) is 18.9. The first kappa shape index (κ1) is 21.0. The summed E-state index contributed by atoms with van der Waals surface area (Å²) in [6.07, 6.45) is 3.12. The monoisotopic (exact) mass is 431 g/mol. The molecule has 150 valence electrons. The average molecular weight is 432 g/mol. The summed E-state index contributed by atoms with van der Waals surface area (Å²) >= 11 is 12.4. The highest BCUT2D eigenvalue weighted by molar-refractivity contribution is 6.74. The second-order valence-electron chi connectivity index (χ2n) is 8.52. The van der Waals surface area contributed by atoms with Crippen molar-refractivity contribution in [3.63, 3.8) is 0 Å². The molecule has 2 aromatic heterocycles. The summed E-state index contributed by atoms with van der Waals surface area (Å²) in [5.74, 6) is 0.302. The molecule has 9 heteroatoms. The summed E-state index contributed by atoms with van der Waals surface area (Å²) in [4.78, 5) is 8.44. The van der Waals surface area contributed by atoms with Crippen molar-refractivity contribution >= 4 is 42.6 Å². The molecule has 6 nitrogen and oxygen atoms in total. The van der Waals surface area contributed by atoms with Gasteiger partial charge in [-0.3, -0.25) is 0 Å². The third kappa shape index (κ3) is 3.90. The molecule has 0 amide bonds. The minimum atomic E-state index is -1.99. The number of aliphatic hydroxyl groups is 1. The Bertz CT molecular complexity index is 822. The van der Waals surface area contributed by atoms with Gasteiger partial charge < -0.3 is 18.8 Å². The summed E-state index contributed by atoms with van der Waals surface area (Å²) in [5, 5.41) is 11.0. The second kappa shape index (κ2) is 7.61. The lowest BCUT2D eigenvalue weighted by atomic mass is 10.2. The maximum Gasteiger partial charge on any atom is 0.192 e. The highest BCUT2D eigenvalue weighted by Crippen LogP contribution is 2.42. The molecule has 0 aromatic carbocycles. The summed E-state index contributed by atoms with van der Waals surface area (Å²) in [6, 6.07) is 0. The number of fused-ring (bicyclic) bond motifs is 1. The van der Waals surface area contributed by atoms with Crippen molar-refractivity contribution in [1.82, 2.24) is 14.5 Å². The lowest BCUT2D eigenvalue weighted by molar-refractivity contribution is -0.0409. The van der Waals surface area contributed by atoms with E-state index in [-0.39, 0.29) is 30.1 Å². The highest BCUT2D eigenvalue weighted by atomic mass is 35.5. The van der Waals surface area contributed by atoms with Crippen molar-refractivity contribution < 1.29 is 14.3 Å². The molecule has 0 unspecified atom stereocenters. The maximum atomic E-state index is 9.84. The largest absolute Gasteiger partial charge is 0.411 e. The van der Waals surface area contributed by atoms with Gasteiger partial charge in [0.05, 0.1) is 18.1 Å². The van der Waals surface area contributed by atoms with Gasteiger partial charge in [-0.2, -0.15) is 0 Å². The Morgan fingerprint density at radius 3 is 2.67 bits per heavy atom. The molecule has 0 bridgehead atoms. The number of halogens is 2. The van der Waals surface area contributed by atoms with Gasteiger partial charge in [-0.25, -0.2) is 9.97 Å². The molecule has 0 saturated carbocycles. The predicted octanol–water partition coefficient (Wildman–Crippen LogP) is 4.49. The number of hydrogen-bond acceptors (Lipinski definition) is 5. The van der Waals surface area contributed by atoms with Crippen LogP contribution >= 0.6 is 23.2 Å². The first-order valence-electron chi connectivity index (χ1n) is 9.09. The molecule has 3 rings (SSSR count). The average Bonchev–Trinajstić information content (AvgIpc) is 3.15. The van der Waals surface area contributed by atoms with E-state index in [2.05, 4.69) is 43.8 Å². The van der Waals surface area contributed by atoms with E-state index in [1.165, 1.54) is 6.33 Å². The Balaban J connectivity index is 1.92. The summed E-state index contributed by atoms with van der Waals surface area (Å²) in [7, 11) is -1.99. The maximum absolute atomic E-state index is 9.84. The lowest BCUT2D eigenvalue weighted by Gasteiger charge is -2.39. The van der Waals surface area contributed by atoms with E-state index in [9.17, 15) is 5.11 Å². The van der Waals surface area contributed by atoms with Crippen LogP contribution in [0.3, 0.4) is 0 Å². The van der Waals surface area contributed by atoms with Crippen LogP contribution in [0.2, 0.25) is 23.3 Å². The Morgan fingerprint density at radius 2 is 2.07 bits per heavy atom. The SMILES string of the molecule is CC(C)(C)[Si](C)(C)O[C@@H]1C[C@H](n2cc(CCl)c3c(Cl)ncnc32)O[C@@H]1CO. The normalized spacial score (nSPS) is 24.1. The lowest BCUT2D eigenvalue weighted by Crippen LogP contribution is -2.46. The van der Waals surface area contributed by atoms with E-state index < -0.39 is 8.32 Å². The third-order valence-corrected chi connectivity index (χ3v) is 10.8. The van der Waals surface area contributed by atoms with Crippen LogP contribution in [0, 0.1) is 0 Å². The van der Waals surface area contributed by atoms with Gasteiger partial charge in [0, 0.05) is 18.5 Å². The van der Waals surface area contributed by atoms with Crippen LogP contribution in [0.5, 0.6) is 0 Å². The van der Waals surface area contributed by atoms with Crippen LogP contribution in [0.1, 0.15) is 39.0 Å². The topological polar surface area (TPSA) is 69.4 Å². The van der Waals surface area contributed by atoms with Crippen molar-refractivity contribution in [1.29, 1.82) is 0 Å². The minimum absolute atomic E-state index is 0.0811. The summed E-state index contributed by atoms with van der Waals surface area (Å²) in [5.41, 5.74) is 1.54. The first-order chi connectivity index (χ1) is 12.6. The van der Waals surface area contributed by atoms with Gasteiger partial charge in [0.2, 0.25) is 0 Å². The van der Waals surface area contributed by atoms with Gasteiger partial charge in [0.25, 0.3) is 0 Å². The number of ether oxygens (including phenoxy) is 1. The number of nitrogens with zero attached hydrogens (tertiary/aromatic N) is 3. The Kier molecular flexibility index (Phi) is 5.92. The van der Waals surface area contributed by atoms with Gasteiger partial charge in [0.15, 0.2) is 8.32 Å². The second-order valence-corrected chi connectivity index (χ2v) is 13.9. The Labute approximate surface area is 170 Å². The molecule has 1 saturated heterocycles. The number of alkyl halides is 1. The van der Waals surface area contributed by atoms with E-state index in [1.807, 2.05) is 10.8 Å². The molecule has 3 atom stereocenters. The molecule has 1 fully saturated rings. The zero-order valence-electron chi connectivity index (χ0n) is 16.4. The van der Waals surface area contributed by atoms with Gasteiger partial charge in [0.1, 0.15) is 29.5 Å². The van der Waals surface area contributed by atoms with Gasteiger partial charge >= 0.3 is 0 Å². The minimum Gasteiger partial charge on any atom is -0.411 e. The van der Waals surface area contributed by atoms with Crippen LogP contribution in [-0.4, -0.2) is 46.8 Å². The Hall–Kier alpha value is -0.703. The molecule has 1 aliphatic rings. The fourth-order valence-corrected chi connectivity index (χ4v) is 4.97. The van der Waals surface area contributed by atoms with Crippen molar-refractivity contribution in [2.75, 3.05) is 6.61 Å². The molecule has 0 radical (unpaired) electrons. The van der Waals surface area contributed by atoms with Crippen molar-refractivity contribution in [3.8, 4) is 0 Å². The number of aromatic nitrogens is 3. The molecule has 1 aliphatic heterocycles. The van der Waals surface area contributed by atoms with E-state index in [0.717, 1.165) is 10.9 Å². The van der Waals surface area contributed by atoms with E-state index >= 15 is 0 Å². The molecule has 3 heterocycles. The Morgan fingerprint density at radius 1 is 1.37 bits per heavy atom. The summed E-state index contributed by atoms with van der Waals surface area (Å²) in [6.45, 7) is 10.9. The fourth-order valence-electron chi connectivity index (χ4n) is 3.16. The zero-order chi connectivity index (χ0) is 20.0. The molecule has 0 aliphatic carbocycles. The van der Waals surface area contributed by atoms with Gasteiger partial charge in [-0.1, -0.05) is 32.4 Å². The number of hydrogen-bond donors (Lipinski definition) is 1. The van der Waals surface area contributed by atoms with Gasteiger partial charge in [-0.05, 0) is 23.7 Å². The van der Waals surface area contributed by atoms with Crippen molar-refractivity contribution in [3.05, 3.63) is 23.2 Å². The van der Waals surface area contributed by atoms with E-state index in [4.69, 9.17) is 32.4 Å². The smallest absolute Gasteiger partial charge is 0.192 e. The number of rotatable bonds is 5. The van der Waals surface area contributed by atoms with Crippen molar-refractivity contribution in [2.45, 2.75) is 69.6 Å². The molecule has 1 N–H and O–H groups in total. The third-order valence-electron chi connectivity index (χ3n) is 5.71. The molecular formula is C18H27Cl2N3O3Si. The van der Waals surface area contributed by atoms with Crippen LogP contribution in [0.4, 0.5) is 0 Å². The van der Waals surface area contributed by atoms with Crippen molar-refractivity contribution in [2.24, 2.45) is 0 Å². The van der Waals surface area contributed by atoms with Crippen LogP contribution in [0.25, 0.3) is 11.0 Å². The molecule has 27 heavy (non-hydrogen) atoms. The van der Waals surface area contributed by atoms with Crippen LogP contribution in [0.15, 0.2) is 12.5 Å². The first-order valence-corrected chi connectivity index (χ1v) is 12.9. The standard InChI is InChI=1S/C18H27Cl2N3O3Si/c1-18(2,3)27(4,5)26-12-6-14(25-13(12)9-24)23-8-11(7-19)15-16(20)21-10-22-17(15)23/h8,10,12-14,24H,6-7,9H2,1-5H3/t12-,13-,14-/m1/s1. The quantitative estimate of drug-likeness (QED) is 0.428. The highest BCUT2D eigenvalue weighted by Gasteiger charge is 2.45. The predicted molar refractivity (Wildman–Crippen MR) is 110 cm³/mol. The molecular weight excluding hydrogens is 405 g/mol. The molecule has 2 aromatic rings. The fraction of sp³-hybridized carbons (Fsp3) is 0.667. The summed E-state index contributed by atoms with van der Waals surface area (Å²) < 4.78 is 14.6.